The Labute approximate surface area is 224 Å². The van der Waals surface area contributed by atoms with Crippen LogP contribution in [0.3, 0.4) is 0 Å². The highest BCUT2D eigenvalue weighted by molar-refractivity contribution is 6.00. The fourth-order valence-corrected chi connectivity index (χ4v) is 4.37. The first-order valence-electron chi connectivity index (χ1n) is 12.7. The van der Waals surface area contributed by atoms with E-state index in [1.165, 1.54) is 4.90 Å². The topological polar surface area (TPSA) is 87.7 Å². The molecule has 0 radical (unpaired) electrons. The summed E-state index contributed by atoms with van der Waals surface area (Å²) in [5.74, 6) is -0.807. The molecular formula is C31H37N3O4. The first-order chi connectivity index (χ1) is 17.9. The van der Waals surface area contributed by atoms with Crippen molar-refractivity contribution < 1.29 is 19.1 Å². The number of carbonyl (C=O) groups is 3. The number of alkyl carbamates (subject to hydrolysis) is 1. The Bertz CT molecular complexity index is 1320. The minimum Gasteiger partial charge on any atom is -0.444 e. The fourth-order valence-electron chi connectivity index (χ4n) is 4.37. The van der Waals surface area contributed by atoms with E-state index in [1.54, 1.807) is 33.8 Å². The third-order valence-electron chi connectivity index (χ3n) is 5.85. The lowest BCUT2D eigenvalue weighted by atomic mass is 9.98. The van der Waals surface area contributed by atoms with Crippen LogP contribution >= 0.6 is 0 Å². The predicted octanol–water partition coefficient (Wildman–Crippen LogP) is 6.06. The molecule has 7 heteroatoms. The number of hydrogen-bond acceptors (Lipinski definition) is 4. The Balaban J connectivity index is 1.97. The minimum atomic E-state index is -0.964. The van der Waals surface area contributed by atoms with Crippen LogP contribution in [0.15, 0.2) is 73.3 Å². The quantitative estimate of drug-likeness (QED) is 0.357. The molecule has 2 atom stereocenters. The van der Waals surface area contributed by atoms with Crippen molar-refractivity contribution in [3.05, 3.63) is 90.0 Å². The van der Waals surface area contributed by atoms with Crippen LogP contribution in [0.25, 0.3) is 10.8 Å². The molecule has 200 valence electrons. The molecule has 0 saturated heterocycles. The molecule has 0 aromatic heterocycles. The van der Waals surface area contributed by atoms with E-state index in [2.05, 4.69) is 17.2 Å². The number of nitrogens with zero attached hydrogens (tertiary/aromatic N) is 1. The van der Waals surface area contributed by atoms with Gasteiger partial charge in [0.15, 0.2) is 0 Å². The largest absolute Gasteiger partial charge is 0.444 e. The van der Waals surface area contributed by atoms with Crippen LogP contribution in [0.5, 0.6) is 0 Å². The van der Waals surface area contributed by atoms with Crippen molar-refractivity contribution in [2.24, 2.45) is 0 Å². The van der Waals surface area contributed by atoms with Crippen LogP contribution < -0.4 is 10.6 Å². The van der Waals surface area contributed by atoms with Crippen LogP contribution in [0, 0.1) is 13.8 Å². The summed E-state index contributed by atoms with van der Waals surface area (Å²) in [6.45, 7) is 14.6. The third-order valence-corrected chi connectivity index (χ3v) is 5.85. The van der Waals surface area contributed by atoms with Crippen molar-refractivity contribution in [3.8, 4) is 0 Å². The van der Waals surface area contributed by atoms with E-state index in [1.807, 2.05) is 74.5 Å². The molecule has 3 amide bonds. The maximum atomic E-state index is 13.9. The Morgan fingerprint density at radius 1 is 0.974 bits per heavy atom. The SMILES string of the molecule is C=CCN(C(=O)C(C)NC(=O)OC(C)(C)C)C(C(=O)Nc1ccc2ccccc2c1)c1cc(C)cc(C)c1. The van der Waals surface area contributed by atoms with E-state index in [4.69, 9.17) is 4.74 Å². The molecular weight excluding hydrogens is 478 g/mol. The Morgan fingerprint density at radius 2 is 1.61 bits per heavy atom. The van der Waals surface area contributed by atoms with Crippen molar-refractivity contribution in [2.45, 2.75) is 59.2 Å². The highest BCUT2D eigenvalue weighted by Gasteiger charge is 2.34. The van der Waals surface area contributed by atoms with Gasteiger partial charge in [0, 0.05) is 12.2 Å². The standard InChI is InChI=1S/C31H37N3O4/c1-8-15-34(29(36)22(4)32-30(37)38-31(5,6)7)27(25-17-20(2)16-21(3)18-25)28(35)33-26-14-13-23-11-9-10-12-24(23)19-26/h8-14,16-19,22,27H,1,15H2,2-7H3,(H,32,37)(H,33,35). The molecule has 3 rings (SSSR count). The second-order valence-electron chi connectivity index (χ2n) is 10.5. The number of benzene rings is 3. The summed E-state index contributed by atoms with van der Waals surface area (Å²) in [5.41, 5.74) is 2.51. The number of ether oxygens (including phenoxy) is 1. The number of rotatable bonds is 8. The van der Waals surface area contributed by atoms with Crippen LogP contribution in [0.2, 0.25) is 0 Å². The van der Waals surface area contributed by atoms with Crippen molar-refractivity contribution >= 4 is 34.4 Å². The Hall–Kier alpha value is -4.13. The molecule has 2 N–H and O–H groups in total. The summed E-state index contributed by atoms with van der Waals surface area (Å²) in [6, 6.07) is 17.5. The van der Waals surface area contributed by atoms with E-state index in [0.29, 0.717) is 11.3 Å². The van der Waals surface area contributed by atoms with Gasteiger partial charge >= 0.3 is 6.09 Å². The molecule has 0 aliphatic carbocycles. The summed E-state index contributed by atoms with van der Waals surface area (Å²) < 4.78 is 5.32. The molecule has 0 heterocycles. The maximum absolute atomic E-state index is 13.9. The molecule has 38 heavy (non-hydrogen) atoms. The summed E-state index contributed by atoms with van der Waals surface area (Å²) in [7, 11) is 0. The molecule has 0 aliphatic heterocycles. The Morgan fingerprint density at radius 3 is 2.21 bits per heavy atom. The van der Waals surface area contributed by atoms with Crippen LogP contribution in [0.1, 0.15) is 50.4 Å². The molecule has 3 aromatic rings. The van der Waals surface area contributed by atoms with Gasteiger partial charge in [0.1, 0.15) is 17.7 Å². The highest BCUT2D eigenvalue weighted by Crippen LogP contribution is 2.27. The first kappa shape index (κ1) is 28.4. The minimum absolute atomic E-state index is 0.0992. The van der Waals surface area contributed by atoms with Gasteiger partial charge in [-0.25, -0.2) is 4.79 Å². The highest BCUT2D eigenvalue weighted by atomic mass is 16.6. The van der Waals surface area contributed by atoms with Gasteiger partial charge in [-0.3, -0.25) is 9.59 Å². The van der Waals surface area contributed by atoms with Crippen molar-refractivity contribution in [2.75, 3.05) is 11.9 Å². The van der Waals surface area contributed by atoms with Gasteiger partial charge in [-0.15, -0.1) is 6.58 Å². The fraction of sp³-hybridized carbons (Fsp3) is 0.323. The average Bonchev–Trinajstić information content (AvgIpc) is 2.81. The van der Waals surface area contributed by atoms with E-state index in [-0.39, 0.29) is 12.5 Å². The molecule has 0 bridgehead atoms. The first-order valence-corrected chi connectivity index (χ1v) is 12.7. The maximum Gasteiger partial charge on any atom is 0.408 e. The molecule has 3 aromatic carbocycles. The second kappa shape index (κ2) is 11.9. The Kier molecular flexibility index (Phi) is 8.94. The van der Waals surface area contributed by atoms with Gasteiger partial charge in [-0.2, -0.15) is 0 Å². The van der Waals surface area contributed by atoms with Gasteiger partial charge in [0.25, 0.3) is 5.91 Å². The van der Waals surface area contributed by atoms with Gasteiger partial charge in [0.2, 0.25) is 5.91 Å². The van der Waals surface area contributed by atoms with E-state index in [9.17, 15) is 14.4 Å². The number of amides is 3. The lowest BCUT2D eigenvalue weighted by Gasteiger charge is -2.33. The van der Waals surface area contributed by atoms with Crippen molar-refractivity contribution in [3.63, 3.8) is 0 Å². The number of carbonyl (C=O) groups excluding carboxylic acids is 3. The number of fused-ring (bicyclic) bond motifs is 1. The number of anilines is 1. The zero-order valence-electron chi connectivity index (χ0n) is 23.0. The summed E-state index contributed by atoms with van der Waals surface area (Å²) >= 11 is 0. The summed E-state index contributed by atoms with van der Waals surface area (Å²) in [4.78, 5) is 41.3. The number of nitrogens with one attached hydrogen (secondary N) is 2. The second-order valence-corrected chi connectivity index (χ2v) is 10.5. The predicted molar refractivity (Wildman–Crippen MR) is 152 cm³/mol. The lowest BCUT2D eigenvalue weighted by Crippen LogP contribution is -2.51. The summed E-state index contributed by atoms with van der Waals surface area (Å²) in [6.07, 6.45) is 0.859. The van der Waals surface area contributed by atoms with Gasteiger partial charge in [-0.1, -0.05) is 65.7 Å². The number of aryl methyl sites for hydroxylation is 2. The van der Waals surface area contributed by atoms with Crippen LogP contribution in [0.4, 0.5) is 10.5 Å². The zero-order chi connectivity index (χ0) is 28.0. The van der Waals surface area contributed by atoms with Crippen LogP contribution in [-0.4, -0.2) is 41.0 Å². The third kappa shape index (κ3) is 7.44. The molecule has 0 spiro atoms. The van der Waals surface area contributed by atoms with Gasteiger partial charge in [-0.05, 0) is 70.0 Å². The summed E-state index contributed by atoms with van der Waals surface area (Å²) in [5, 5.41) is 7.64. The van der Waals surface area contributed by atoms with Gasteiger partial charge < -0.3 is 20.3 Å². The van der Waals surface area contributed by atoms with Crippen molar-refractivity contribution in [1.82, 2.24) is 10.2 Å². The van der Waals surface area contributed by atoms with E-state index >= 15 is 0 Å². The van der Waals surface area contributed by atoms with Gasteiger partial charge in [0.05, 0.1) is 0 Å². The van der Waals surface area contributed by atoms with Crippen molar-refractivity contribution in [1.29, 1.82) is 0 Å². The average molecular weight is 516 g/mol. The molecule has 2 unspecified atom stereocenters. The monoisotopic (exact) mass is 515 g/mol. The lowest BCUT2D eigenvalue weighted by molar-refractivity contribution is -0.139. The molecule has 0 saturated carbocycles. The molecule has 0 fully saturated rings. The molecule has 0 aliphatic rings. The van der Waals surface area contributed by atoms with E-state index < -0.39 is 29.7 Å². The smallest absolute Gasteiger partial charge is 0.408 e. The number of hydrogen-bond donors (Lipinski definition) is 2. The van der Waals surface area contributed by atoms with Crippen LogP contribution in [-0.2, 0) is 14.3 Å². The molecule has 7 nitrogen and oxygen atoms in total. The zero-order valence-corrected chi connectivity index (χ0v) is 23.0. The van der Waals surface area contributed by atoms with E-state index in [0.717, 1.165) is 21.9 Å². The normalized spacial score (nSPS) is 12.8.